The molecule has 0 atom stereocenters. The lowest BCUT2D eigenvalue weighted by Gasteiger charge is -2.17. The van der Waals surface area contributed by atoms with Gasteiger partial charge in [-0.1, -0.05) is 0 Å². The Balaban J connectivity index is 1.57. The molecule has 0 saturated carbocycles. The Kier molecular flexibility index (Phi) is 2.79. The molecule has 0 N–H and O–H groups in total. The van der Waals surface area contributed by atoms with Crippen molar-refractivity contribution in [3.63, 3.8) is 0 Å². The average molecular weight is 180 g/mol. The van der Waals surface area contributed by atoms with E-state index >= 15 is 0 Å². The number of aliphatic imine (C=N–C) groups is 2. The highest BCUT2D eigenvalue weighted by molar-refractivity contribution is 5.57. The van der Waals surface area contributed by atoms with Gasteiger partial charge in [0, 0.05) is 26.2 Å². The van der Waals surface area contributed by atoms with Crippen molar-refractivity contribution in [2.75, 3.05) is 39.3 Å². The van der Waals surface area contributed by atoms with Crippen LogP contribution in [0.25, 0.3) is 0 Å². The van der Waals surface area contributed by atoms with Gasteiger partial charge >= 0.3 is 0 Å². The van der Waals surface area contributed by atoms with Gasteiger partial charge in [0.05, 0.1) is 25.8 Å². The van der Waals surface area contributed by atoms with E-state index in [2.05, 4.69) is 19.8 Å². The Hall–Kier alpha value is -1.06. The topological polar surface area (TPSA) is 31.2 Å². The van der Waals surface area contributed by atoms with E-state index in [1.54, 1.807) is 0 Å². The number of hydrogen-bond donors (Lipinski definition) is 0. The maximum atomic E-state index is 4.18. The van der Waals surface area contributed by atoms with Crippen LogP contribution in [-0.2, 0) is 0 Å². The summed E-state index contributed by atoms with van der Waals surface area (Å²) in [5, 5.41) is 0. The van der Waals surface area contributed by atoms with Gasteiger partial charge in [0.2, 0.25) is 0 Å². The van der Waals surface area contributed by atoms with Gasteiger partial charge in [0.25, 0.3) is 0 Å². The zero-order chi connectivity index (χ0) is 8.93. The van der Waals surface area contributed by atoms with Gasteiger partial charge in [-0.05, 0) is 6.42 Å². The predicted octanol–water partition coefficient (Wildman–Crippen LogP) is 0.0643. The highest BCUT2D eigenvalue weighted by Crippen LogP contribution is 1.98. The first-order chi connectivity index (χ1) is 6.45. The zero-order valence-electron chi connectivity index (χ0n) is 7.89. The van der Waals surface area contributed by atoms with E-state index in [1.807, 2.05) is 12.7 Å². The largest absolute Gasteiger partial charge is 0.361 e. The molecule has 0 aromatic carbocycles. The minimum atomic E-state index is 0.977. The van der Waals surface area contributed by atoms with E-state index in [1.165, 1.54) is 6.42 Å². The maximum absolute atomic E-state index is 4.18. The van der Waals surface area contributed by atoms with E-state index in [0.29, 0.717) is 0 Å². The van der Waals surface area contributed by atoms with E-state index in [4.69, 9.17) is 0 Å². The number of rotatable bonds is 4. The Bertz CT molecular complexity index is 190. The maximum Gasteiger partial charge on any atom is 0.0851 e. The molecule has 0 radical (unpaired) electrons. The quantitative estimate of drug-likeness (QED) is 0.613. The molecular formula is C9H16N4. The van der Waals surface area contributed by atoms with Crippen molar-refractivity contribution in [2.24, 2.45) is 9.98 Å². The first-order valence-electron chi connectivity index (χ1n) is 4.93. The summed E-state index contributed by atoms with van der Waals surface area (Å²) in [4.78, 5) is 12.9. The fraction of sp³-hybridized carbons (Fsp3) is 0.778. The highest BCUT2D eigenvalue weighted by Gasteiger charge is 2.07. The van der Waals surface area contributed by atoms with Crippen molar-refractivity contribution in [2.45, 2.75) is 6.42 Å². The Morgan fingerprint density at radius 3 is 1.85 bits per heavy atom. The lowest BCUT2D eigenvalue weighted by Crippen LogP contribution is -2.27. The lowest BCUT2D eigenvalue weighted by atomic mass is 10.3. The van der Waals surface area contributed by atoms with Crippen molar-refractivity contribution in [3.05, 3.63) is 0 Å². The Morgan fingerprint density at radius 1 is 0.923 bits per heavy atom. The van der Waals surface area contributed by atoms with Crippen LogP contribution < -0.4 is 0 Å². The minimum Gasteiger partial charge on any atom is -0.361 e. The second-order valence-electron chi connectivity index (χ2n) is 3.47. The van der Waals surface area contributed by atoms with Crippen molar-refractivity contribution in [1.29, 1.82) is 0 Å². The molecule has 0 amide bonds. The fourth-order valence-electron chi connectivity index (χ4n) is 1.65. The van der Waals surface area contributed by atoms with Gasteiger partial charge in [-0.15, -0.1) is 0 Å². The van der Waals surface area contributed by atoms with Crippen LogP contribution in [0.4, 0.5) is 0 Å². The van der Waals surface area contributed by atoms with Crippen LogP contribution in [0.2, 0.25) is 0 Å². The van der Waals surface area contributed by atoms with E-state index in [-0.39, 0.29) is 0 Å². The van der Waals surface area contributed by atoms with Gasteiger partial charge in [-0.2, -0.15) is 0 Å². The van der Waals surface area contributed by atoms with Gasteiger partial charge in [0.15, 0.2) is 0 Å². The number of hydrogen-bond acceptors (Lipinski definition) is 4. The summed E-state index contributed by atoms with van der Waals surface area (Å²) in [6.07, 6.45) is 5.15. The summed E-state index contributed by atoms with van der Waals surface area (Å²) in [7, 11) is 0. The van der Waals surface area contributed by atoms with Crippen LogP contribution >= 0.6 is 0 Å². The molecule has 2 aliphatic heterocycles. The summed E-state index contributed by atoms with van der Waals surface area (Å²) in [5.41, 5.74) is 0. The molecule has 4 heteroatoms. The van der Waals surface area contributed by atoms with E-state index in [0.717, 1.165) is 39.3 Å². The third-order valence-electron chi connectivity index (χ3n) is 2.41. The summed E-state index contributed by atoms with van der Waals surface area (Å²) >= 11 is 0. The molecule has 2 aliphatic rings. The summed E-state index contributed by atoms with van der Waals surface area (Å²) in [6.45, 7) is 6.43. The number of nitrogens with zero attached hydrogens (tertiary/aromatic N) is 4. The fourth-order valence-corrected chi connectivity index (χ4v) is 1.65. The van der Waals surface area contributed by atoms with Gasteiger partial charge in [0.1, 0.15) is 0 Å². The molecule has 0 bridgehead atoms. The van der Waals surface area contributed by atoms with Gasteiger partial charge in [-0.3, -0.25) is 9.98 Å². The Labute approximate surface area is 79.0 Å². The second kappa shape index (κ2) is 4.25. The molecule has 2 rings (SSSR count). The van der Waals surface area contributed by atoms with Crippen molar-refractivity contribution in [1.82, 2.24) is 9.80 Å². The first-order valence-corrected chi connectivity index (χ1v) is 4.93. The van der Waals surface area contributed by atoms with E-state index < -0.39 is 0 Å². The average Bonchev–Trinajstić information content (AvgIpc) is 2.75. The van der Waals surface area contributed by atoms with Crippen LogP contribution in [0.5, 0.6) is 0 Å². The molecule has 0 saturated heterocycles. The SMILES string of the molecule is C1=NCCN1CCCN1C=NCC1. The molecule has 0 aliphatic carbocycles. The molecule has 13 heavy (non-hydrogen) atoms. The van der Waals surface area contributed by atoms with Gasteiger partial charge in [-0.25, -0.2) is 0 Å². The molecule has 0 aromatic heterocycles. The highest BCUT2D eigenvalue weighted by atomic mass is 15.2. The molecule has 2 heterocycles. The molecule has 0 fully saturated rings. The van der Waals surface area contributed by atoms with Crippen LogP contribution in [0.3, 0.4) is 0 Å². The third-order valence-corrected chi connectivity index (χ3v) is 2.41. The third kappa shape index (κ3) is 2.44. The predicted molar refractivity (Wildman–Crippen MR) is 54.5 cm³/mol. The monoisotopic (exact) mass is 180 g/mol. The van der Waals surface area contributed by atoms with E-state index in [9.17, 15) is 0 Å². The van der Waals surface area contributed by atoms with Crippen LogP contribution in [0, 0.1) is 0 Å². The first kappa shape index (κ1) is 8.53. The van der Waals surface area contributed by atoms with Gasteiger partial charge < -0.3 is 9.80 Å². The standard InChI is InChI=1S/C9H16N4/c1(4-12-6-2-10-8-12)5-13-7-3-11-9-13/h8-9H,1-7H2. The molecule has 0 spiro atoms. The minimum absolute atomic E-state index is 0.977. The Morgan fingerprint density at radius 2 is 1.46 bits per heavy atom. The smallest absolute Gasteiger partial charge is 0.0851 e. The summed E-state index contributed by atoms with van der Waals surface area (Å²) in [6, 6.07) is 0. The van der Waals surface area contributed by atoms with Crippen LogP contribution in [-0.4, -0.2) is 61.7 Å². The zero-order valence-corrected chi connectivity index (χ0v) is 7.89. The van der Waals surface area contributed by atoms with Crippen molar-refractivity contribution >= 4 is 12.7 Å². The molecule has 72 valence electrons. The van der Waals surface area contributed by atoms with Crippen LogP contribution in [0.15, 0.2) is 9.98 Å². The van der Waals surface area contributed by atoms with Crippen molar-refractivity contribution in [3.8, 4) is 0 Å². The lowest BCUT2D eigenvalue weighted by molar-refractivity contribution is 0.395. The normalized spacial score (nSPS) is 20.6. The summed E-state index contributed by atoms with van der Waals surface area (Å²) < 4.78 is 0. The second-order valence-corrected chi connectivity index (χ2v) is 3.47. The molecule has 4 nitrogen and oxygen atoms in total. The summed E-state index contributed by atoms with van der Waals surface area (Å²) in [5.74, 6) is 0. The molecule has 0 aromatic rings. The molecule has 0 unspecified atom stereocenters. The van der Waals surface area contributed by atoms with Crippen LogP contribution in [0.1, 0.15) is 6.42 Å². The van der Waals surface area contributed by atoms with Crippen molar-refractivity contribution < 1.29 is 0 Å². The molecular weight excluding hydrogens is 164 g/mol.